The quantitative estimate of drug-likeness (QED) is 0.886. The van der Waals surface area contributed by atoms with Gasteiger partial charge in [-0.2, -0.15) is 0 Å². The Morgan fingerprint density at radius 2 is 1.86 bits per heavy atom. The van der Waals surface area contributed by atoms with Crippen LogP contribution in [-0.4, -0.2) is 24.0 Å². The minimum absolute atomic E-state index is 0.101. The highest BCUT2D eigenvalue weighted by atomic mass is 16.1. The number of pyridine rings is 1. The third-order valence-electron chi connectivity index (χ3n) is 3.44. The van der Waals surface area contributed by atoms with Crippen LogP contribution >= 0.6 is 0 Å². The van der Waals surface area contributed by atoms with E-state index in [0.717, 1.165) is 18.7 Å². The third kappa shape index (κ3) is 4.05. The Hall–Kier alpha value is -2.36. The number of anilines is 1. The average Bonchev–Trinajstić information content (AvgIpc) is 2.55. The lowest BCUT2D eigenvalue weighted by Gasteiger charge is -2.21. The van der Waals surface area contributed by atoms with Crippen molar-refractivity contribution in [2.24, 2.45) is 0 Å². The molecule has 0 aliphatic heterocycles. The van der Waals surface area contributed by atoms with E-state index in [1.54, 1.807) is 24.5 Å². The first-order valence-electron chi connectivity index (χ1n) is 7.26. The molecule has 4 nitrogen and oxygen atoms in total. The molecule has 110 valence electrons. The fraction of sp³-hybridized carbons (Fsp3) is 0.294. The first-order valence-corrected chi connectivity index (χ1v) is 7.26. The smallest absolute Gasteiger partial charge is 0.253 e. The molecule has 0 fully saturated rings. The van der Waals surface area contributed by atoms with Crippen LogP contribution in [0.1, 0.15) is 29.8 Å². The van der Waals surface area contributed by atoms with E-state index in [9.17, 15) is 4.79 Å². The zero-order valence-corrected chi connectivity index (χ0v) is 12.5. The second kappa shape index (κ2) is 7.43. The Balaban J connectivity index is 1.93. The van der Waals surface area contributed by atoms with Crippen molar-refractivity contribution in [3.05, 3.63) is 59.9 Å². The topological polar surface area (TPSA) is 45.2 Å². The summed E-state index contributed by atoms with van der Waals surface area (Å²) in [5.41, 5.74) is 2.88. The van der Waals surface area contributed by atoms with E-state index in [4.69, 9.17) is 0 Å². The van der Waals surface area contributed by atoms with Gasteiger partial charge in [-0.25, -0.2) is 0 Å². The van der Waals surface area contributed by atoms with Crippen LogP contribution in [-0.2, 0) is 6.54 Å². The zero-order chi connectivity index (χ0) is 15.1. The fourth-order valence-corrected chi connectivity index (χ4v) is 2.19. The molecule has 0 aliphatic carbocycles. The highest BCUT2D eigenvalue weighted by Gasteiger charge is 2.05. The largest absolute Gasteiger partial charge is 0.372 e. The number of carbonyl (C=O) groups excluding carboxylic acids is 1. The molecule has 2 aromatic rings. The molecule has 0 bridgehead atoms. The maximum absolute atomic E-state index is 11.9. The Morgan fingerprint density at radius 3 is 2.43 bits per heavy atom. The first-order chi connectivity index (χ1) is 10.2. The van der Waals surface area contributed by atoms with Gasteiger partial charge in [0.25, 0.3) is 5.91 Å². The summed E-state index contributed by atoms with van der Waals surface area (Å²) in [6.45, 7) is 6.80. The molecule has 2 rings (SSSR count). The van der Waals surface area contributed by atoms with E-state index in [0.29, 0.717) is 12.1 Å². The summed E-state index contributed by atoms with van der Waals surface area (Å²) in [4.78, 5) is 18.2. The Labute approximate surface area is 125 Å². The van der Waals surface area contributed by atoms with Gasteiger partial charge >= 0.3 is 0 Å². The molecule has 0 saturated heterocycles. The summed E-state index contributed by atoms with van der Waals surface area (Å²) in [6, 6.07) is 11.8. The van der Waals surface area contributed by atoms with Crippen LogP contribution < -0.4 is 10.2 Å². The van der Waals surface area contributed by atoms with Crippen LogP contribution in [0.3, 0.4) is 0 Å². The van der Waals surface area contributed by atoms with Gasteiger partial charge in [0.1, 0.15) is 0 Å². The van der Waals surface area contributed by atoms with E-state index < -0.39 is 0 Å². The van der Waals surface area contributed by atoms with Crippen LogP contribution in [0.2, 0.25) is 0 Å². The van der Waals surface area contributed by atoms with Crippen LogP contribution in [0.5, 0.6) is 0 Å². The number of hydrogen-bond donors (Lipinski definition) is 1. The summed E-state index contributed by atoms with van der Waals surface area (Å²) in [7, 11) is 0. The van der Waals surface area contributed by atoms with Crippen molar-refractivity contribution in [2.75, 3.05) is 18.0 Å². The predicted octanol–water partition coefficient (Wildman–Crippen LogP) is 2.86. The Kier molecular flexibility index (Phi) is 5.32. The summed E-state index contributed by atoms with van der Waals surface area (Å²) in [6.07, 6.45) is 3.22. The van der Waals surface area contributed by atoms with Crippen LogP contribution in [0.25, 0.3) is 0 Å². The summed E-state index contributed by atoms with van der Waals surface area (Å²) >= 11 is 0. The van der Waals surface area contributed by atoms with Crippen molar-refractivity contribution in [3.63, 3.8) is 0 Å². The van der Waals surface area contributed by atoms with E-state index >= 15 is 0 Å². The summed E-state index contributed by atoms with van der Waals surface area (Å²) in [5.74, 6) is -0.101. The van der Waals surface area contributed by atoms with Gasteiger partial charge in [0.05, 0.1) is 5.56 Å². The number of nitrogens with zero attached hydrogens (tertiary/aromatic N) is 2. The minimum Gasteiger partial charge on any atom is -0.372 e. The fourth-order valence-electron chi connectivity index (χ4n) is 2.19. The summed E-state index contributed by atoms with van der Waals surface area (Å²) < 4.78 is 0. The minimum atomic E-state index is -0.101. The predicted molar refractivity (Wildman–Crippen MR) is 85.4 cm³/mol. The lowest BCUT2D eigenvalue weighted by molar-refractivity contribution is 0.0950. The normalized spacial score (nSPS) is 10.2. The van der Waals surface area contributed by atoms with Gasteiger partial charge in [-0.3, -0.25) is 9.78 Å². The number of amides is 1. The van der Waals surface area contributed by atoms with Gasteiger partial charge in [0.2, 0.25) is 0 Å². The molecule has 1 N–H and O–H groups in total. The standard InChI is InChI=1S/C17H21N3O/c1-3-20(4-2)16-9-7-14(8-10-16)12-19-17(21)15-6-5-11-18-13-15/h5-11,13H,3-4,12H2,1-2H3,(H,19,21). The number of benzene rings is 1. The molecule has 1 aromatic carbocycles. The first kappa shape index (κ1) is 15.0. The molecule has 1 heterocycles. The van der Waals surface area contributed by atoms with Crippen molar-refractivity contribution < 1.29 is 4.79 Å². The van der Waals surface area contributed by atoms with Crippen molar-refractivity contribution in [1.82, 2.24) is 10.3 Å². The molecule has 1 amide bonds. The average molecular weight is 283 g/mol. The van der Waals surface area contributed by atoms with Gasteiger partial charge in [-0.1, -0.05) is 12.1 Å². The Bertz CT molecular complexity index is 562. The molecule has 4 heteroatoms. The van der Waals surface area contributed by atoms with Gasteiger partial charge < -0.3 is 10.2 Å². The maximum Gasteiger partial charge on any atom is 0.253 e. The third-order valence-corrected chi connectivity index (χ3v) is 3.44. The second-order valence-electron chi connectivity index (χ2n) is 4.76. The van der Waals surface area contributed by atoms with Crippen molar-refractivity contribution in [2.45, 2.75) is 20.4 Å². The number of rotatable bonds is 6. The van der Waals surface area contributed by atoms with Gasteiger partial charge in [-0.15, -0.1) is 0 Å². The molecule has 0 atom stereocenters. The maximum atomic E-state index is 11.9. The van der Waals surface area contributed by atoms with Gasteiger partial charge in [0, 0.05) is 37.7 Å². The molecular weight excluding hydrogens is 262 g/mol. The van der Waals surface area contributed by atoms with Crippen LogP contribution in [0.15, 0.2) is 48.8 Å². The van der Waals surface area contributed by atoms with E-state index in [1.807, 2.05) is 0 Å². The van der Waals surface area contributed by atoms with E-state index in [1.165, 1.54) is 5.69 Å². The molecule has 21 heavy (non-hydrogen) atoms. The lowest BCUT2D eigenvalue weighted by atomic mass is 10.2. The van der Waals surface area contributed by atoms with Crippen molar-refractivity contribution in [1.29, 1.82) is 0 Å². The molecule has 0 aliphatic rings. The van der Waals surface area contributed by atoms with Crippen LogP contribution in [0, 0.1) is 0 Å². The second-order valence-corrected chi connectivity index (χ2v) is 4.76. The number of nitrogens with one attached hydrogen (secondary N) is 1. The van der Waals surface area contributed by atoms with Gasteiger partial charge in [0.15, 0.2) is 0 Å². The molecule has 0 unspecified atom stereocenters. The molecule has 0 spiro atoms. The molecule has 0 radical (unpaired) electrons. The summed E-state index contributed by atoms with van der Waals surface area (Å²) in [5, 5.41) is 2.90. The monoisotopic (exact) mass is 283 g/mol. The number of carbonyl (C=O) groups is 1. The number of hydrogen-bond acceptors (Lipinski definition) is 3. The van der Waals surface area contributed by atoms with Crippen LogP contribution in [0.4, 0.5) is 5.69 Å². The lowest BCUT2D eigenvalue weighted by Crippen LogP contribution is -2.23. The van der Waals surface area contributed by atoms with Crippen molar-refractivity contribution >= 4 is 11.6 Å². The molecule has 0 saturated carbocycles. The Morgan fingerprint density at radius 1 is 1.14 bits per heavy atom. The zero-order valence-electron chi connectivity index (χ0n) is 12.5. The molecule has 1 aromatic heterocycles. The highest BCUT2D eigenvalue weighted by Crippen LogP contribution is 2.14. The highest BCUT2D eigenvalue weighted by molar-refractivity contribution is 5.93. The van der Waals surface area contributed by atoms with E-state index in [2.05, 4.69) is 53.3 Å². The van der Waals surface area contributed by atoms with Crippen molar-refractivity contribution in [3.8, 4) is 0 Å². The SMILES string of the molecule is CCN(CC)c1ccc(CNC(=O)c2cccnc2)cc1. The number of aromatic nitrogens is 1. The molecular formula is C17H21N3O. The van der Waals surface area contributed by atoms with Gasteiger partial charge in [-0.05, 0) is 43.7 Å². The van der Waals surface area contributed by atoms with E-state index in [-0.39, 0.29) is 5.91 Å².